The van der Waals surface area contributed by atoms with Crippen molar-refractivity contribution in [2.75, 3.05) is 11.9 Å². The van der Waals surface area contributed by atoms with Crippen LogP contribution >= 0.6 is 11.3 Å². The van der Waals surface area contributed by atoms with Gasteiger partial charge in [0.15, 0.2) is 6.61 Å². The number of aryl methyl sites for hydroxylation is 3. The first-order chi connectivity index (χ1) is 15.0. The van der Waals surface area contributed by atoms with Gasteiger partial charge in [-0.05, 0) is 50.1 Å². The molecule has 3 aromatic carbocycles. The van der Waals surface area contributed by atoms with Crippen molar-refractivity contribution in [3.63, 3.8) is 0 Å². The predicted molar refractivity (Wildman–Crippen MR) is 128 cm³/mol. The van der Waals surface area contributed by atoms with Crippen LogP contribution in [0.3, 0.4) is 0 Å². The van der Waals surface area contributed by atoms with E-state index in [4.69, 9.17) is 9.72 Å². The number of carbonyl (C=O) groups excluding carboxylic acids is 1. The van der Waals surface area contributed by atoms with Crippen LogP contribution in [0, 0.1) is 20.8 Å². The highest BCUT2D eigenvalue weighted by Gasteiger charge is 2.10. The summed E-state index contributed by atoms with van der Waals surface area (Å²) in [5.74, 6) is 0.535. The van der Waals surface area contributed by atoms with Crippen molar-refractivity contribution >= 4 is 22.9 Å². The Morgan fingerprint density at radius 1 is 0.968 bits per heavy atom. The summed E-state index contributed by atoms with van der Waals surface area (Å²) in [6.45, 7) is 6.07. The molecule has 156 valence electrons. The molecular formula is C26H24N2O2S. The van der Waals surface area contributed by atoms with Crippen LogP contribution in [0.2, 0.25) is 0 Å². The van der Waals surface area contributed by atoms with Crippen LogP contribution in [0.5, 0.6) is 5.75 Å². The maximum absolute atomic E-state index is 12.3. The van der Waals surface area contributed by atoms with Crippen LogP contribution in [0.1, 0.15) is 16.7 Å². The molecular weight excluding hydrogens is 404 g/mol. The number of nitrogens with one attached hydrogen (secondary N) is 1. The molecule has 0 unspecified atom stereocenters. The number of anilines is 1. The van der Waals surface area contributed by atoms with Gasteiger partial charge in [0.1, 0.15) is 10.8 Å². The van der Waals surface area contributed by atoms with Crippen LogP contribution in [-0.2, 0) is 4.79 Å². The number of amides is 1. The Morgan fingerprint density at radius 3 is 2.48 bits per heavy atom. The summed E-state index contributed by atoms with van der Waals surface area (Å²) in [5.41, 5.74) is 7.23. The first-order valence-corrected chi connectivity index (χ1v) is 11.0. The number of hydrogen-bond donors (Lipinski definition) is 1. The zero-order valence-electron chi connectivity index (χ0n) is 17.8. The van der Waals surface area contributed by atoms with E-state index in [0.717, 1.165) is 38.8 Å². The van der Waals surface area contributed by atoms with E-state index in [-0.39, 0.29) is 12.5 Å². The fraction of sp³-hybridized carbons (Fsp3) is 0.154. The largest absolute Gasteiger partial charge is 0.483 e. The number of benzene rings is 3. The minimum absolute atomic E-state index is 0.0302. The first-order valence-electron chi connectivity index (χ1n) is 10.1. The van der Waals surface area contributed by atoms with Crippen molar-refractivity contribution in [1.29, 1.82) is 0 Å². The lowest BCUT2D eigenvalue weighted by atomic mass is 10.1. The van der Waals surface area contributed by atoms with Gasteiger partial charge < -0.3 is 10.1 Å². The molecule has 1 aromatic heterocycles. The van der Waals surface area contributed by atoms with E-state index in [2.05, 4.69) is 29.8 Å². The van der Waals surface area contributed by atoms with Gasteiger partial charge in [-0.1, -0.05) is 54.1 Å². The Bertz CT molecular complexity index is 1210. The van der Waals surface area contributed by atoms with Crippen LogP contribution < -0.4 is 10.1 Å². The lowest BCUT2D eigenvalue weighted by Crippen LogP contribution is -2.20. The summed E-state index contributed by atoms with van der Waals surface area (Å²) in [5, 5.41) is 5.95. The molecule has 0 aliphatic carbocycles. The molecule has 4 nitrogen and oxygen atoms in total. The fourth-order valence-corrected chi connectivity index (χ4v) is 4.29. The van der Waals surface area contributed by atoms with Gasteiger partial charge in [0.2, 0.25) is 0 Å². The number of carbonyl (C=O) groups is 1. The minimum Gasteiger partial charge on any atom is -0.483 e. The van der Waals surface area contributed by atoms with Crippen molar-refractivity contribution in [3.8, 4) is 27.6 Å². The van der Waals surface area contributed by atoms with Gasteiger partial charge >= 0.3 is 0 Å². The molecule has 0 bridgehead atoms. The molecule has 1 N–H and O–H groups in total. The Hall–Kier alpha value is -3.44. The third-order valence-electron chi connectivity index (χ3n) is 5.03. The van der Waals surface area contributed by atoms with Gasteiger partial charge in [0.25, 0.3) is 5.91 Å². The van der Waals surface area contributed by atoms with E-state index in [1.165, 1.54) is 11.1 Å². The second kappa shape index (κ2) is 9.14. The molecule has 5 heteroatoms. The molecule has 0 saturated carbocycles. The highest BCUT2D eigenvalue weighted by Crippen LogP contribution is 2.31. The summed E-state index contributed by atoms with van der Waals surface area (Å²) >= 11 is 1.64. The van der Waals surface area contributed by atoms with Gasteiger partial charge in [-0.15, -0.1) is 11.3 Å². The number of aromatic nitrogens is 1. The normalized spacial score (nSPS) is 10.7. The lowest BCUT2D eigenvalue weighted by molar-refractivity contribution is -0.118. The number of nitrogens with zero attached hydrogens (tertiary/aromatic N) is 1. The maximum Gasteiger partial charge on any atom is 0.262 e. The minimum atomic E-state index is -0.191. The molecule has 31 heavy (non-hydrogen) atoms. The Balaban J connectivity index is 1.38. The number of ether oxygens (including phenoxy) is 1. The number of rotatable bonds is 6. The lowest BCUT2D eigenvalue weighted by Gasteiger charge is -2.10. The van der Waals surface area contributed by atoms with Crippen molar-refractivity contribution in [1.82, 2.24) is 4.98 Å². The monoisotopic (exact) mass is 428 g/mol. The van der Waals surface area contributed by atoms with E-state index < -0.39 is 0 Å². The summed E-state index contributed by atoms with van der Waals surface area (Å²) in [7, 11) is 0. The molecule has 0 aliphatic rings. The van der Waals surface area contributed by atoms with Gasteiger partial charge in [0, 0.05) is 22.2 Å². The maximum atomic E-state index is 12.3. The topological polar surface area (TPSA) is 51.2 Å². The average Bonchev–Trinajstić information content (AvgIpc) is 3.24. The smallest absolute Gasteiger partial charge is 0.262 e. The van der Waals surface area contributed by atoms with Crippen LogP contribution in [0.15, 0.2) is 72.1 Å². The van der Waals surface area contributed by atoms with Gasteiger partial charge in [0.05, 0.1) is 5.69 Å². The highest BCUT2D eigenvalue weighted by molar-refractivity contribution is 7.13. The highest BCUT2D eigenvalue weighted by atomic mass is 32.1. The molecule has 0 saturated heterocycles. The van der Waals surface area contributed by atoms with Crippen LogP contribution in [0.25, 0.3) is 21.8 Å². The Labute approximate surface area is 186 Å². The molecule has 0 spiro atoms. The van der Waals surface area contributed by atoms with E-state index in [0.29, 0.717) is 0 Å². The zero-order chi connectivity index (χ0) is 21.8. The van der Waals surface area contributed by atoms with Gasteiger partial charge in [-0.3, -0.25) is 4.79 Å². The summed E-state index contributed by atoms with van der Waals surface area (Å²) in [6, 6.07) is 21.9. The standard InChI is InChI=1S/C26H24N2O2S/c1-17-8-13-24(19(3)14-17)30-15-25(29)27-21-11-9-20(10-12-21)23-16-31-26(28-23)22-7-5-4-6-18(22)2/h4-14,16H,15H2,1-3H3,(H,27,29). The zero-order valence-corrected chi connectivity index (χ0v) is 18.6. The Morgan fingerprint density at radius 2 is 1.74 bits per heavy atom. The van der Waals surface area contributed by atoms with Gasteiger partial charge in [-0.25, -0.2) is 4.98 Å². The molecule has 1 amide bonds. The SMILES string of the molecule is Cc1ccc(OCC(=O)Nc2ccc(-c3csc(-c4ccccc4C)n3)cc2)c(C)c1. The summed E-state index contributed by atoms with van der Waals surface area (Å²) < 4.78 is 5.65. The van der Waals surface area contributed by atoms with E-state index in [1.54, 1.807) is 11.3 Å². The summed E-state index contributed by atoms with van der Waals surface area (Å²) in [6.07, 6.45) is 0. The Kier molecular flexibility index (Phi) is 6.14. The third kappa shape index (κ3) is 5.01. The predicted octanol–water partition coefficient (Wildman–Crippen LogP) is 6.42. The van der Waals surface area contributed by atoms with E-state index in [1.807, 2.05) is 68.4 Å². The number of hydrogen-bond acceptors (Lipinski definition) is 4. The molecule has 0 radical (unpaired) electrons. The van der Waals surface area contributed by atoms with Crippen molar-refractivity contribution in [3.05, 3.63) is 88.8 Å². The van der Waals surface area contributed by atoms with Gasteiger partial charge in [-0.2, -0.15) is 0 Å². The molecule has 0 atom stereocenters. The molecule has 0 fully saturated rings. The first kappa shape index (κ1) is 20.8. The van der Waals surface area contributed by atoms with Crippen molar-refractivity contribution < 1.29 is 9.53 Å². The summed E-state index contributed by atoms with van der Waals surface area (Å²) in [4.78, 5) is 17.1. The van der Waals surface area contributed by atoms with E-state index in [9.17, 15) is 4.79 Å². The van der Waals surface area contributed by atoms with Crippen molar-refractivity contribution in [2.24, 2.45) is 0 Å². The second-order valence-corrected chi connectivity index (χ2v) is 8.39. The van der Waals surface area contributed by atoms with Crippen LogP contribution in [-0.4, -0.2) is 17.5 Å². The molecule has 0 aliphatic heterocycles. The quantitative estimate of drug-likeness (QED) is 0.385. The molecule has 1 heterocycles. The molecule has 4 rings (SSSR count). The fourth-order valence-electron chi connectivity index (χ4n) is 3.37. The molecule has 4 aromatic rings. The van der Waals surface area contributed by atoms with Crippen molar-refractivity contribution in [2.45, 2.75) is 20.8 Å². The van der Waals surface area contributed by atoms with Crippen LogP contribution in [0.4, 0.5) is 5.69 Å². The number of thiazole rings is 1. The average molecular weight is 429 g/mol. The third-order valence-corrected chi connectivity index (χ3v) is 5.91. The van der Waals surface area contributed by atoms with E-state index >= 15 is 0 Å². The second-order valence-electron chi connectivity index (χ2n) is 7.54.